The molecule has 1 aromatic carbocycles. The van der Waals surface area contributed by atoms with Crippen LogP contribution in [-0.4, -0.2) is 12.6 Å². The fraction of sp³-hybridized carbons (Fsp3) is 0.647. The number of hydrogen-bond acceptors (Lipinski definition) is 2. The molecule has 1 aromatic rings. The van der Waals surface area contributed by atoms with Crippen LogP contribution in [0.15, 0.2) is 24.3 Å². The minimum absolute atomic E-state index is 0.671. The van der Waals surface area contributed by atoms with E-state index in [1.807, 2.05) is 0 Å². The van der Waals surface area contributed by atoms with Gasteiger partial charge in [0.25, 0.3) is 0 Å². The van der Waals surface area contributed by atoms with Gasteiger partial charge in [0.15, 0.2) is 0 Å². The Morgan fingerprint density at radius 3 is 2.47 bits per heavy atom. The van der Waals surface area contributed by atoms with Gasteiger partial charge in [-0.05, 0) is 43.5 Å². The quantitative estimate of drug-likeness (QED) is 0.697. The van der Waals surface area contributed by atoms with Gasteiger partial charge >= 0.3 is 0 Å². The Bertz CT molecular complexity index is 341. The average molecular weight is 261 g/mol. The minimum Gasteiger partial charge on any atom is -0.494 e. The van der Waals surface area contributed by atoms with Gasteiger partial charge in [0.2, 0.25) is 0 Å². The first-order valence-corrected chi connectivity index (χ1v) is 7.88. The number of nitrogens with one attached hydrogen (secondary N) is 1. The molecule has 0 spiro atoms. The van der Waals surface area contributed by atoms with Gasteiger partial charge in [-0.2, -0.15) is 0 Å². The van der Waals surface area contributed by atoms with Gasteiger partial charge in [0.1, 0.15) is 5.75 Å². The summed E-state index contributed by atoms with van der Waals surface area (Å²) in [5.74, 6) is 0.991. The fourth-order valence-corrected chi connectivity index (χ4v) is 2.67. The molecule has 0 aromatic heterocycles. The fourth-order valence-electron chi connectivity index (χ4n) is 2.67. The van der Waals surface area contributed by atoms with Gasteiger partial charge in [-0.15, -0.1) is 0 Å². The summed E-state index contributed by atoms with van der Waals surface area (Å²) in [7, 11) is 0. The molecule has 0 atom stereocenters. The van der Waals surface area contributed by atoms with E-state index in [1.54, 1.807) is 0 Å². The van der Waals surface area contributed by atoms with Crippen molar-refractivity contribution in [2.24, 2.45) is 0 Å². The summed E-state index contributed by atoms with van der Waals surface area (Å²) >= 11 is 0. The van der Waals surface area contributed by atoms with Gasteiger partial charge in [-0.1, -0.05) is 39.0 Å². The average Bonchev–Trinajstić information content (AvgIpc) is 2.46. The van der Waals surface area contributed by atoms with E-state index in [1.165, 1.54) is 50.6 Å². The Morgan fingerprint density at radius 2 is 1.79 bits per heavy atom. The van der Waals surface area contributed by atoms with Crippen LogP contribution in [0.4, 0.5) is 5.69 Å². The predicted octanol–water partition coefficient (Wildman–Crippen LogP) is 5.00. The third-order valence-corrected chi connectivity index (χ3v) is 3.85. The molecule has 0 heterocycles. The zero-order valence-electron chi connectivity index (χ0n) is 12.2. The first-order chi connectivity index (χ1) is 9.38. The van der Waals surface area contributed by atoms with Crippen molar-refractivity contribution in [3.63, 3.8) is 0 Å². The lowest BCUT2D eigenvalue weighted by Gasteiger charge is -2.23. The molecular weight excluding hydrogens is 234 g/mol. The molecule has 0 unspecified atom stereocenters. The van der Waals surface area contributed by atoms with E-state index in [0.717, 1.165) is 18.8 Å². The van der Waals surface area contributed by atoms with Gasteiger partial charge in [0.05, 0.1) is 6.61 Å². The number of anilines is 1. The molecule has 0 amide bonds. The monoisotopic (exact) mass is 261 g/mol. The standard InChI is InChI=1S/C17H27NO/c1-2-3-7-14-19-17-12-10-16(11-13-17)18-15-8-5-4-6-9-15/h10-13,15,18H,2-9,14H2,1H3. The molecule has 2 nitrogen and oxygen atoms in total. The van der Waals surface area contributed by atoms with Crippen molar-refractivity contribution in [3.8, 4) is 5.75 Å². The van der Waals surface area contributed by atoms with Crippen LogP contribution < -0.4 is 10.1 Å². The molecule has 0 aliphatic heterocycles. The van der Waals surface area contributed by atoms with Crippen LogP contribution in [0.25, 0.3) is 0 Å². The van der Waals surface area contributed by atoms with Gasteiger partial charge in [0, 0.05) is 11.7 Å². The van der Waals surface area contributed by atoms with E-state index in [9.17, 15) is 0 Å². The number of ether oxygens (including phenoxy) is 1. The lowest BCUT2D eigenvalue weighted by Crippen LogP contribution is -2.22. The second kappa shape index (κ2) is 8.08. The topological polar surface area (TPSA) is 21.3 Å². The van der Waals surface area contributed by atoms with E-state index < -0.39 is 0 Å². The van der Waals surface area contributed by atoms with Crippen molar-refractivity contribution in [2.45, 2.75) is 64.3 Å². The third-order valence-electron chi connectivity index (χ3n) is 3.85. The smallest absolute Gasteiger partial charge is 0.119 e. The zero-order valence-corrected chi connectivity index (χ0v) is 12.2. The summed E-state index contributed by atoms with van der Waals surface area (Å²) in [5.41, 5.74) is 1.23. The van der Waals surface area contributed by atoms with E-state index in [4.69, 9.17) is 4.74 Å². The van der Waals surface area contributed by atoms with Crippen LogP contribution in [0, 0.1) is 0 Å². The number of hydrogen-bond donors (Lipinski definition) is 1. The van der Waals surface area contributed by atoms with Crippen LogP contribution in [-0.2, 0) is 0 Å². The Hall–Kier alpha value is -1.18. The first kappa shape index (κ1) is 14.2. The van der Waals surface area contributed by atoms with E-state index in [0.29, 0.717) is 6.04 Å². The molecule has 2 rings (SSSR count). The molecule has 2 heteroatoms. The molecule has 19 heavy (non-hydrogen) atoms. The van der Waals surface area contributed by atoms with Gasteiger partial charge < -0.3 is 10.1 Å². The molecule has 0 bridgehead atoms. The SMILES string of the molecule is CCCCCOc1ccc(NC2CCCCC2)cc1. The van der Waals surface area contributed by atoms with Crippen LogP contribution in [0.2, 0.25) is 0 Å². The van der Waals surface area contributed by atoms with Crippen molar-refractivity contribution in [3.05, 3.63) is 24.3 Å². The molecule has 1 N–H and O–H groups in total. The molecular formula is C17H27NO. The normalized spacial score (nSPS) is 16.3. The predicted molar refractivity (Wildman–Crippen MR) is 82.0 cm³/mol. The summed E-state index contributed by atoms with van der Waals surface area (Å²) in [4.78, 5) is 0. The van der Waals surface area contributed by atoms with Gasteiger partial charge in [-0.25, -0.2) is 0 Å². The molecule has 1 aliphatic carbocycles. The molecule has 0 radical (unpaired) electrons. The van der Waals surface area contributed by atoms with Crippen molar-refractivity contribution in [1.82, 2.24) is 0 Å². The maximum Gasteiger partial charge on any atom is 0.119 e. The summed E-state index contributed by atoms with van der Waals surface area (Å²) in [6.07, 6.45) is 10.4. The molecule has 1 aliphatic rings. The Balaban J connectivity index is 1.74. The van der Waals surface area contributed by atoms with Crippen molar-refractivity contribution >= 4 is 5.69 Å². The number of rotatable bonds is 7. The Morgan fingerprint density at radius 1 is 1.05 bits per heavy atom. The lowest BCUT2D eigenvalue weighted by molar-refractivity contribution is 0.306. The minimum atomic E-state index is 0.671. The highest BCUT2D eigenvalue weighted by atomic mass is 16.5. The van der Waals surface area contributed by atoms with Crippen LogP contribution in [0.1, 0.15) is 58.3 Å². The second-order valence-corrected chi connectivity index (χ2v) is 5.56. The second-order valence-electron chi connectivity index (χ2n) is 5.56. The van der Waals surface area contributed by atoms with E-state index >= 15 is 0 Å². The van der Waals surface area contributed by atoms with Crippen LogP contribution >= 0.6 is 0 Å². The molecule has 0 saturated heterocycles. The highest BCUT2D eigenvalue weighted by molar-refractivity contribution is 5.47. The summed E-state index contributed by atoms with van der Waals surface area (Å²) < 4.78 is 5.73. The molecule has 106 valence electrons. The Kier molecular flexibility index (Phi) is 6.06. The number of benzene rings is 1. The van der Waals surface area contributed by atoms with Crippen molar-refractivity contribution in [1.29, 1.82) is 0 Å². The van der Waals surface area contributed by atoms with Crippen LogP contribution in [0.3, 0.4) is 0 Å². The van der Waals surface area contributed by atoms with E-state index in [-0.39, 0.29) is 0 Å². The van der Waals surface area contributed by atoms with E-state index in [2.05, 4.69) is 36.5 Å². The molecule has 1 fully saturated rings. The third kappa shape index (κ3) is 5.14. The zero-order chi connectivity index (χ0) is 13.3. The largest absolute Gasteiger partial charge is 0.494 e. The Labute approximate surface area is 117 Å². The lowest BCUT2D eigenvalue weighted by atomic mass is 9.95. The van der Waals surface area contributed by atoms with Crippen molar-refractivity contribution < 1.29 is 4.74 Å². The van der Waals surface area contributed by atoms with Gasteiger partial charge in [-0.3, -0.25) is 0 Å². The summed E-state index contributed by atoms with van der Waals surface area (Å²) in [5, 5.41) is 3.63. The summed E-state index contributed by atoms with van der Waals surface area (Å²) in [6, 6.07) is 9.12. The molecule has 1 saturated carbocycles. The highest BCUT2D eigenvalue weighted by Gasteiger charge is 2.12. The first-order valence-electron chi connectivity index (χ1n) is 7.88. The van der Waals surface area contributed by atoms with Crippen molar-refractivity contribution in [2.75, 3.05) is 11.9 Å². The maximum atomic E-state index is 5.73. The summed E-state index contributed by atoms with van der Waals surface area (Å²) in [6.45, 7) is 3.05. The maximum absolute atomic E-state index is 5.73. The highest BCUT2D eigenvalue weighted by Crippen LogP contribution is 2.23. The van der Waals surface area contributed by atoms with Crippen LogP contribution in [0.5, 0.6) is 5.75 Å². The number of unbranched alkanes of at least 4 members (excludes halogenated alkanes) is 2.